The van der Waals surface area contributed by atoms with Crippen molar-refractivity contribution < 1.29 is 9.53 Å². The smallest absolute Gasteiger partial charge is 0.280 e. The zero-order chi connectivity index (χ0) is 16.5. The molecule has 0 aliphatic heterocycles. The van der Waals surface area contributed by atoms with Gasteiger partial charge in [0, 0.05) is 6.21 Å². The topological polar surface area (TPSA) is 50.7 Å². The summed E-state index contributed by atoms with van der Waals surface area (Å²) < 4.78 is 5.55. The molecule has 2 aromatic carbocycles. The first-order chi connectivity index (χ1) is 11.1. The van der Waals surface area contributed by atoms with Crippen LogP contribution in [-0.4, -0.2) is 18.2 Å². The number of aryl methyl sites for hydroxylation is 1. The summed E-state index contributed by atoms with van der Waals surface area (Å²) in [5.74, 6) is 0.362. The molecule has 0 aliphatic rings. The summed E-state index contributed by atoms with van der Waals surface area (Å²) >= 11 is 0. The van der Waals surface area contributed by atoms with Gasteiger partial charge in [-0.1, -0.05) is 54.1 Å². The average molecular weight is 308 g/mol. The number of ether oxygens (including phenoxy) is 1. The van der Waals surface area contributed by atoms with E-state index in [0.717, 1.165) is 11.1 Å². The Hall–Kier alpha value is -2.88. The monoisotopic (exact) mass is 308 g/mol. The van der Waals surface area contributed by atoms with E-state index < -0.39 is 6.10 Å². The minimum Gasteiger partial charge on any atom is -0.481 e. The van der Waals surface area contributed by atoms with Gasteiger partial charge in [0.15, 0.2) is 6.10 Å². The zero-order valence-electron chi connectivity index (χ0n) is 13.3. The maximum absolute atomic E-state index is 11.9. The summed E-state index contributed by atoms with van der Waals surface area (Å²) in [5.41, 5.74) is 4.67. The van der Waals surface area contributed by atoms with E-state index in [1.165, 1.54) is 6.21 Å². The van der Waals surface area contributed by atoms with Crippen molar-refractivity contribution in [2.24, 2.45) is 5.10 Å². The third-order valence-corrected chi connectivity index (χ3v) is 3.13. The SMILES string of the molecule is Cc1ccc(O[C@H](C)C(=O)N/N=C/C=C/c2ccccc2)cc1. The number of hydrogen-bond donors (Lipinski definition) is 1. The van der Waals surface area contributed by atoms with Crippen molar-refractivity contribution in [2.75, 3.05) is 0 Å². The largest absolute Gasteiger partial charge is 0.481 e. The van der Waals surface area contributed by atoms with Crippen LogP contribution in [0.5, 0.6) is 5.75 Å². The number of benzene rings is 2. The number of nitrogens with zero attached hydrogens (tertiary/aromatic N) is 1. The lowest BCUT2D eigenvalue weighted by Gasteiger charge is -2.12. The van der Waals surface area contributed by atoms with E-state index in [1.54, 1.807) is 13.0 Å². The summed E-state index contributed by atoms with van der Waals surface area (Å²) in [6.45, 7) is 3.68. The van der Waals surface area contributed by atoms with Crippen LogP contribution in [-0.2, 0) is 4.79 Å². The third kappa shape index (κ3) is 5.79. The third-order valence-electron chi connectivity index (χ3n) is 3.13. The predicted molar refractivity (Wildman–Crippen MR) is 93.4 cm³/mol. The Kier molecular flexibility index (Phi) is 6.12. The molecule has 0 aromatic heterocycles. The Morgan fingerprint density at radius 2 is 1.83 bits per heavy atom. The second-order valence-corrected chi connectivity index (χ2v) is 5.10. The quantitative estimate of drug-likeness (QED) is 0.655. The Labute approximate surface area is 136 Å². The predicted octanol–water partition coefficient (Wildman–Crippen LogP) is 3.58. The van der Waals surface area contributed by atoms with Gasteiger partial charge < -0.3 is 4.74 Å². The van der Waals surface area contributed by atoms with Gasteiger partial charge >= 0.3 is 0 Å². The van der Waals surface area contributed by atoms with Crippen LogP contribution in [0.1, 0.15) is 18.1 Å². The highest BCUT2D eigenvalue weighted by Crippen LogP contribution is 2.13. The van der Waals surface area contributed by atoms with Gasteiger partial charge in [-0.05, 0) is 37.6 Å². The molecule has 2 aromatic rings. The van der Waals surface area contributed by atoms with Gasteiger partial charge in [0.2, 0.25) is 0 Å². The van der Waals surface area contributed by atoms with Gasteiger partial charge in [0.1, 0.15) is 5.75 Å². The lowest BCUT2D eigenvalue weighted by Crippen LogP contribution is -2.33. The number of rotatable bonds is 6. The minimum absolute atomic E-state index is 0.296. The van der Waals surface area contributed by atoms with Gasteiger partial charge in [0.05, 0.1) is 0 Å². The summed E-state index contributed by atoms with van der Waals surface area (Å²) in [7, 11) is 0. The van der Waals surface area contributed by atoms with Crippen molar-refractivity contribution in [3.63, 3.8) is 0 Å². The maximum Gasteiger partial charge on any atom is 0.280 e. The van der Waals surface area contributed by atoms with Gasteiger partial charge in [-0.2, -0.15) is 5.10 Å². The van der Waals surface area contributed by atoms with Crippen molar-refractivity contribution >= 4 is 18.2 Å². The van der Waals surface area contributed by atoms with E-state index in [9.17, 15) is 4.79 Å². The number of carbonyl (C=O) groups excluding carboxylic acids is 1. The first kappa shape index (κ1) is 16.5. The average Bonchev–Trinajstić information content (AvgIpc) is 2.57. The number of amides is 1. The molecule has 2 rings (SSSR count). The lowest BCUT2D eigenvalue weighted by atomic mass is 10.2. The van der Waals surface area contributed by atoms with Crippen molar-refractivity contribution in [3.05, 3.63) is 71.8 Å². The first-order valence-electron chi connectivity index (χ1n) is 7.43. The number of hydrazone groups is 1. The van der Waals surface area contributed by atoms with Crippen LogP contribution in [0.2, 0.25) is 0 Å². The van der Waals surface area contributed by atoms with Gasteiger partial charge in [-0.3, -0.25) is 4.79 Å². The molecular weight excluding hydrogens is 288 g/mol. The highest BCUT2D eigenvalue weighted by molar-refractivity contribution is 5.83. The molecule has 0 bridgehead atoms. The van der Waals surface area contributed by atoms with E-state index in [-0.39, 0.29) is 5.91 Å². The molecule has 0 unspecified atom stereocenters. The first-order valence-corrected chi connectivity index (χ1v) is 7.43. The molecule has 0 spiro atoms. The van der Waals surface area contributed by atoms with E-state index in [1.807, 2.05) is 67.6 Å². The normalized spacial score (nSPS) is 12.4. The summed E-state index contributed by atoms with van der Waals surface area (Å²) in [6, 6.07) is 17.4. The highest BCUT2D eigenvalue weighted by Gasteiger charge is 2.13. The fourth-order valence-corrected chi connectivity index (χ4v) is 1.83. The molecule has 0 heterocycles. The molecule has 1 atom stereocenters. The minimum atomic E-state index is -0.618. The van der Waals surface area contributed by atoms with Gasteiger partial charge in [-0.15, -0.1) is 0 Å². The fourth-order valence-electron chi connectivity index (χ4n) is 1.83. The molecule has 23 heavy (non-hydrogen) atoms. The number of carbonyl (C=O) groups is 1. The second-order valence-electron chi connectivity index (χ2n) is 5.10. The molecule has 0 radical (unpaired) electrons. The Morgan fingerprint density at radius 1 is 1.13 bits per heavy atom. The molecule has 4 heteroatoms. The lowest BCUT2D eigenvalue weighted by molar-refractivity contribution is -0.127. The van der Waals surface area contributed by atoms with Gasteiger partial charge in [0.25, 0.3) is 5.91 Å². The molecular formula is C19H20N2O2. The maximum atomic E-state index is 11.9. The number of hydrogen-bond acceptors (Lipinski definition) is 3. The van der Waals surface area contributed by atoms with E-state index in [0.29, 0.717) is 5.75 Å². The Balaban J connectivity index is 1.78. The van der Waals surface area contributed by atoms with Crippen molar-refractivity contribution in [1.82, 2.24) is 5.43 Å². The Bertz CT molecular complexity index is 676. The fraction of sp³-hybridized carbons (Fsp3) is 0.158. The van der Waals surface area contributed by atoms with Crippen molar-refractivity contribution in [3.8, 4) is 5.75 Å². The van der Waals surface area contributed by atoms with Crippen molar-refractivity contribution in [2.45, 2.75) is 20.0 Å². The summed E-state index contributed by atoms with van der Waals surface area (Å²) in [5, 5.41) is 3.87. The molecule has 0 saturated heterocycles. The van der Waals surface area contributed by atoms with E-state index >= 15 is 0 Å². The molecule has 0 fully saturated rings. The summed E-state index contributed by atoms with van der Waals surface area (Å²) in [6.07, 6.45) is 4.58. The molecule has 0 aliphatic carbocycles. The van der Waals surface area contributed by atoms with Crippen LogP contribution in [0.15, 0.2) is 65.8 Å². The van der Waals surface area contributed by atoms with Crippen LogP contribution in [0.25, 0.3) is 6.08 Å². The highest BCUT2D eigenvalue weighted by atomic mass is 16.5. The standard InChI is InChI=1S/C19H20N2O2/c1-15-10-12-18(13-11-15)23-16(2)19(22)21-20-14-6-9-17-7-4-3-5-8-17/h3-14,16H,1-2H3,(H,21,22)/b9-6+,20-14+/t16-/m1/s1. The molecule has 0 saturated carbocycles. The number of allylic oxidation sites excluding steroid dienone is 1. The molecule has 1 N–H and O–H groups in total. The van der Waals surface area contributed by atoms with Gasteiger partial charge in [-0.25, -0.2) is 5.43 Å². The van der Waals surface area contributed by atoms with Crippen LogP contribution in [0.3, 0.4) is 0 Å². The van der Waals surface area contributed by atoms with E-state index in [2.05, 4.69) is 10.5 Å². The zero-order valence-corrected chi connectivity index (χ0v) is 13.3. The second kappa shape index (κ2) is 8.54. The number of nitrogens with one attached hydrogen (secondary N) is 1. The Morgan fingerprint density at radius 3 is 2.52 bits per heavy atom. The van der Waals surface area contributed by atoms with Crippen LogP contribution >= 0.6 is 0 Å². The van der Waals surface area contributed by atoms with Crippen molar-refractivity contribution in [1.29, 1.82) is 0 Å². The van der Waals surface area contributed by atoms with Crippen LogP contribution in [0, 0.1) is 6.92 Å². The molecule has 4 nitrogen and oxygen atoms in total. The molecule has 118 valence electrons. The van der Waals surface area contributed by atoms with Crippen LogP contribution in [0.4, 0.5) is 0 Å². The molecule has 1 amide bonds. The summed E-state index contributed by atoms with van der Waals surface area (Å²) in [4.78, 5) is 11.9. The van der Waals surface area contributed by atoms with Crippen LogP contribution < -0.4 is 10.2 Å². The van der Waals surface area contributed by atoms with E-state index in [4.69, 9.17) is 4.74 Å².